The molecule has 2 fully saturated rings. The van der Waals surface area contributed by atoms with Crippen LogP contribution in [0.2, 0.25) is 0 Å². The molecule has 8 heteroatoms. The van der Waals surface area contributed by atoms with Crippen molar-refractivity contribution < 1.29 is 9.59 Å². The van der Waals surface area contributed by atoms with Crippen LogP contribution in [-0.4, -0.2) is 64.5 Å². The smallest absolute Gasteiger partial charge is 0.264 e. The molecule has 0 unspecified atom stereocenters. The van der Waals surface area contributed by atoms with E-state index in [4.69, 9.17) is 0 Å². The van der Waals surface area contributed by atoms with E-state index in [-0.39, 0.29) is 17.9 Å². The van der Waals surface area contributed by atoms with Gasteiger partial charge in [-0.15, -0.1) is 11.3 Å². The molecule has 0 aromatic carbocycles. The van der Waals surface area contributed by atoms with Crippen molar-refractivity contribution in [1.29, 1.82) is 0 Å². The van der Waals surface area contributed by atoms with Crippen molar-refractivity contribution in [2.24, 2.45) is 5.41 Å². The predicted octanol–water partition coefficient (Wildman–Crippen LogP) is 1.71. The highest BCUT2D eigenvalue weighted by molar-refractivity contribution is 7.12. The van der Waals surface area contributed by atoms with E-state index in [1.807, 2.05) is 28.5 Å². The van der Waals surface area contributed by atoms with Crippen molar-refractivity contribution >= 4 is 23.2 Å². The van der Waals surface area contributed by atoms with Gasteiger partial charge in [0.1, 0.15) is 0 Å². The minimum atomic E-state index is -0.516. The van der Waals surface area contributed by atoms with E-state index in [1.165, 1.54) is 11.3 Å². The fourth-order valence-electron chi connectivity index (χ4n) is 4.43. The first-order chi connectivity index (χ1) is 13.1. The van der Waals surface area contributed by atoms with Gasteiger partial charge in [-0.05, 0) is 50.4 Å². The number of carbonyl (C=O) groups is 2. The maximum Gasteiger partial charge on any atom is 0.264 e. The topological polar surface area (TPSA) is 81.3 Å². The maximum atomic E-state index is 13.3. The largest absolute Gasteiger partial charge is 0.350 e. The maximum absolute atomic E-state index is 13.3. The van der Waals surface area contributed by atoms with Crippen LogP contribution >= 0.6 is 11.3 Å². The Morgan fingerprint density at radius 1 is 1.37 bits per heavy atom. The number of likely N-dealkylation sites (N-methyl/N-ethyl adjacent to an activating group) is 1. The highest BCUT2D eigenvalue weighted by Crippen LogP contribution is 2.43. The number of carbonyl (C=O) groups excluding carboxylic acids is 2. The van der Waals surface area contributed by atoms with E-state index in [0.29, 0.717) is 13.1 Å². The number of rotatable bonds is 4. The predicted molar refractivity (Wildman–Crippen MR) is 103 cm³/mol. The van der Waals surface area contributed by atoms with Crippen molar-refractivity contribution in [2.45, 2.75) is 31.8 Å². The zero-order valence-corrected chi connectivity index (χ0v) is 16.3. The Hall–Kier alpha value is -2.19. The molecule has 0 spiro atoms. The average Bonchev–Trinajstić information content (AvgIpc) is 3.39. The molecule has 4 rings (SSSR count). The van der Waals surface area contributed by atoms with Gasteiger partial charge >= 0.3 is 0 Å². The molecule has 2 N–H and O–H groups in total. The lowest BCUT2D eigenvalue weighted by Gasteiger charge is -2.53. The second kappa shape index (κ2) is 7.44. The number of H-pyrrole nitrogens is 1. The van der Waals surface area contributed by atoms with Crippen molar-refractivity contribution in [3.63, 3.8) is 0 Å². The molecule has 27 heavy (non-hydrogen) atoms. The first-order valence-corrected chi connectivity index (χ1v) is 10.3. The van der Waals surface area contributed by atoms with E-state index < -0.39 is 5.41 Å². The number of hydrogen-bond donors (Lipinski definition) is 2. The van der Waals surface area contributed by atoms with E-state index in [2.05, 4.69) is 27.5 Å². The van der Waals surface area contributed by atoms with Gasteiger partial charge in [0.05, 0.1) is 28.6 Å². The number of thiophene rings is 1. The zero-order chi connectivity index (χ0) is 18.9. The summed E-state index contributed by atoms with van der Waals surface area (Å²) >= 11 is 1.46. The van der Waals surface area contributed by atoms with Crippen LogP contribution in [0.4, 0.5) is 0 Å². The molecule has 7 nitrogen and oxygen atoms in total. The number of aromatic nitrogens is 2. The number of hydrogen-bond acceptors (Lipinski definition) is 5. The van der Waals surface area contributed by atoms with Crippen LogP contribution in [0.1, 0.15) is 34.6 Å². The summed E-state index contributed by atoms with van der Waals surface area (Å²) in [4.78, 5) is 31.3. The summed E-state index contributed by atoms with van der Waals surface area (Å²) in [5, 5.41) is 11.8. The number of piperidine rings is 2. The van der Waals surface area contributed by atoms with Crippen molar-refractivity contribution in [2.75, 3.05) is 26.7 Å². The number of likely N-dealkylation sites (tertiary alicyclic amines) is 2. The molecule has 2 aromatic heterocycles. The van der Waals surface area contributed by atoms with Gasteiger partial charge in [0.25, 0.3) is 5.91 Å². The normalized spacial score (nSPS) is 25.8. The van der Waals surface area contributed by atoms with Crippen molar-refractivity contribution in [1.82, 2.24) is 25.3 Å². The van der Waals surface area contributed by atoms with Gasteiger partial charge < -0.3 is 15.1 Å². The minimum absolute atomic E-state index is 0.0516. The minimum Gasteiger partial charge on any atom is -0.350 e. The van der Waals surface area contributed by atoms with Gasteiger partial charge in [-0.1, -0.05) is 6.07 Å². The molecule has 2 amide bonds. The fourth-order valence-corrected chi connectivity index (χ4v) is 5.10. The van der Waals surface area contributed by atoms with E-state index in [1.54, 1.807) is 6.20 Å². The molecule has 2 aliphatic heterocycles. The molecule has 0 saturated carbocycles. The average molecular weight is 388 g/mol. The van der Waals surface area contributed by atoms with Gasteiger partial charge in [-0.25, -0.2) is 0 Å². The third kappa shape index (κ3) is 3.39. The van der Waals surface area contributed by atoms with Gasteiger partial charge in [-0.2, -0.15) is 5.10 Å². The first-order valence-electron chi connectivity index (χ1n) is 9.40. The molecule has 0 bridgehead atoms. The molecule has 2 atom stereocenters. The van der Waals surface area contributed by atoms with Gasteiger partial charge in [0.15, 0.2) is 0 Å². The SMILES string of the molecule is CN1CC[C@]2(C(=O)NCc3ccn[nH]3)CCCN(C(=O)c3cccs3)[C@H]2C1. The monoisotopic (exact) mass is 387 g/mol. The summed E-state index contributed by atoms with van der Waals surface area (Å²) in [5.74, 6) is 0.106. The molecule has 2 saturated heterocycles. The molecule has 0 aliphatic carbocycles. The second-order valence-corrected chi connectivity index (χ2v) is 8.48. The molecule has 2 aliphatic rings. The molecule has 0 radical (unpaired) electrons. The Kier molecular flexibility index (Phi) is 5.01. The fraction of sp³-hybridized carbons (Fsp3) is 0.526. The van der Waals surface area contributed by atoms with E-state index in [0.717, 1.165) is 42.9 Å². The van der Waals surface area contributed by atoms with Crippen LogP contribution in [0, 0.1) is 5.41 Å². The van der Waals surface area contributed by atoms with Crippen LogP contribution in [0.15, 0.2) is 29.8 Å². The van der Waals surface area contributed by atoms with Gasteiger partial charge in [-0.3, -0.25) is 14.7 Å². The molecule has 4 heterocycles. The Labute approximate surface area is 162 Å². The Morgan fingerprint density at radius 2 is 2.26 bits per heavy atom. The van der Waals surface area contributed by atoms with Gasteiger partial charge in [0, 0.05) is 19.3 Å². The van der Waals surface area contributed by atoms with Crippen molar-refractivity contribution in [3.8, 4) is 0 Å². The third-order valence-corrected chi connectivity index (χ3v) is 6.76. The first kappa shape index (κ1) is 18.2. The van der Waals surface area contributed by atoms with Crippen LogP contribution in [-0.2, 0) is 11.3 Å². The van der Waals surface area contributed by atoms with E-state index in [9.17, 15) is 9.59 Å². The van der Waals surface area contributed by atoms with Crippen molar-refractivity contribution in [3.05, 3.63) is 40.3 Å². The summed E-state index contributed by atoms with van der Waals surface area (Å²) in [6.07, 6.45) is 4.14. The summed E-state index contributed by atoms with van der Waals surface area (Å²) < 4.78 is 0. The quantitative estimate of drug-likeness (QED) is 0.837. The third-order valence-electron chi connectivity index (χ3n) is 5.90. The number of aromatic amines is 1. The number of nitrogens with one attached hydrogen (secondary N) is 2. The Balaban J connectivity index is 1.58. The lowest BCUT2D eigenvalue weighted by atomic mass is 9.67. The highest BCUT2D eigenvalue weighted by Gasteiger charge is 2.53. The van der Waals surface area contributed by atoms with Crippen LogP contribution in [0.3, 0.4) is 0 Å². The van der Waals surface area contributed by atoms with E-state index >= 15 is 0 Å². The highest BCUT2D eigenvalue weighted by atomic mass is 32.1. The lowest BCUT2D eigenvalue weighted by Crippen LogP contribution is -2.66. The molecular formula is C19H25N5O2S. The zero-order valence-electron chi connectivity index (χ0n) is 15.5. The molecule has 2 aromatic rings. The number of amides is 2. The number of fused-ring (bicyclic) bond motifs is 1. The second-order valence-electron chi connectivity index (χ2n) is 7.53. The summed E-state index contributed by atoms with van der Waals surface area (Å²) in [6, 6.07) is 5.53. The van der Waals surface area contributed by atoms with Gasteiger partial charge in [0.2, 0.25) is 5.91 Å². The molecular weight excluding hydrogens is 362 g/mol. The standard InChI is InChI=1S/C19H25N5O2S/c1-23-10-7-19(18(26)20-12-14-5-8-21-22-14)6-3-9-24(16(19)13-23)17(25)15-4-2-11-27-15/h2,4-5,8,11,16H,3,6-7,9-10,12-13H2,1H3,(H,20,26)(H,21,22)/t16-,19+/m0/s1. The Morgan fingerprint density at radius 3 is 3.00 bits per heavy atom. The number of nitrogens with zero attached hydrogens (tertiary/aromatic N) is 3. The summed E-state index contributed by atoms with van der Waals surface area (Å²) in [7, 11) is 2.06. The van der Waals surface area contributed by atoms with Crippen LogP contribution in [0.25, 0.3) is 0 Å². The van der Waals surface area contributed by atoms with Crippen LogP contribution in [0.5, 0.6) is 0 Å². The van der Waals surface area contributed by atoms with Crippen LogP contribution < -0.4 is 5.32 Å². The lowest BCUT2D eigenvalue weighted by molar-refractivity contribution is -0.142. The summed E-state index contributed by atoms with van der Waals surface area (Å²) in [5.41, 5.74) is 0.365. The molecule has 144 valence electrons. The Bertz CT molecular complexity index is 791. The summed E-state index contributed by atoms with van der Waals surface area (Å²) in [6.45, 7) is 2.75.